The molecule has 0 spiro atoms. The molecule has 0 saturated heterocycles. The van der Waals surface area contributed by atoms with Crippen molar-refractivity contribution < 1.29 is 18.7 Å². The SMILES string of the molecule is COc1ccc2c(C)c(CCC(=O)Nc3cccc(OCCCC#N)c3)c(=O)oc2c1. The van der Waals surface area contributed by atoms with Crippen LogP contribution in [0.3, 0.4) is 0 Å². The predicted octanol–water partition coefficient (Wildman–Crippen LogP) is 4.36. The molecular weight excluding hydrogens is 396 g/mol. The number of hydrogen-bond acceptors (Lipinski definition) is 6. The van der Waals surface area contributed by atoms with E-state index in [0.717, 1.165) is 10.9 Å². The van der Waals surface area contributed by atoms with Gasteiger partial charge in [-0.05, 0) is 49.6 Å². The van der Waals surface area contributed by atoms with Gasteiger partial charge in [-0.1, -0.05) is 6.07 Å². The zero-order chi connectivity index (χ0) is 22.2. The average Bonchev–Trinajstić information content (AvgIpc) is 2.76. The number of unbranched alkanes of at least 4 members (excludes halogenated alkanes) is 1. The molecule has 0 fully saturated rings. The van der Waals surface area contributed by atoms with Gasteiger partial charge in [0.2, 0.25) is 5.91 Å². The lowest BCUT2D eigenvalue weighted by Crippen LogP contribution is -2.16. The third-order valence-electron chi connectivity index (χ3n) is 4.92. The van der Waals surface area contributed by atoms with Crippen LogP contribution >= 0.6 is 0 Å². The number of carbonyl (C=O) groups is 1. The Morgan fingerprint density at radius 2 is 2.03 bits per heavy atom. The highest BCUT2D eigenvalue weighted by Gasteiger charge is 2.14. The van der Waals surface area contributed by atoms with Gasteiger partial charge >= 0.3 is 5.63 Å². The van der Waals surface area contributed by atoms with E-state index < -0.39 is 5.63 Å². The number of methoxy groups -OCH3 is 1. The number of nitrogens with zero attached hydrogens (tertiary/aromatic N) is 1. The molecule has 1 N–H and O–H groups in total. The molecule has 31 heavy (non-hydrogen) atoms. The normalized spacial score (nSPS) is 10.5. The fourth-order valence-corrected chi connectivity index (χ4v) is 3.26. The van der Waals surface area contributed by atoms with Gasteiger partial charge in [0.15, 0.2) is 0 Å². The Bertz CT molecular complexity index is 1180. The number of amides is 1. The Hall–Kier alpha value is -3.79. The number of hydrogen-bond donors (Lipinski definition) is 1. The maximum atomic E-state index is 12.4. The topological polar surface area (TPSA) is 102 Å². The Morgan fingerprint density at radius 1 is 1.19 bits per heavy atom. The van der Waals surface area contributed by atoms with Crippen molar-refractivity contribution in [2.45, 2.75) is 32.6 Å². The summed E-state index contributed by atoms with van der Waals surface area (Å²) >= 11 is 0. The summed E-state index contributed by atoms with van der Waals surface area (Å²) in [5, 5.41) is 12.2. The molecule has 1 amide bonds. The lowest BCUT2D eigenvalue weighted by atomic mass is 10.0. The van der Waals surface area contributed by atoms with Crippen LogP contribution < -0.4 is 20.4 Å². The maximum Gasteiger partial charge on any atom is 0.339 e. The number of ether oxygens (including phenoxy) is 2. The van der Waals surface area contributed by atoms with Crippen LogP contribution in [0.15, 0.2) is 51.7 Å². The summed E-state index contributed by atoms with van der Waals surface area (Å²) in [4.78, 5) is 24.9. The van der Waals surface area contributed by atoms with Gasteiger partial charge in [0.25, 0.3) is 0 Å². The van der Waals surface area contributed by atoms with Crippen molar-refractivity contribution >= 4 is 22.6 Å². The second-order valence-electron chi connectivity index (χ2n) is 7.04. The minimum atomic E-state index is -0.446. The molecule has 3 aromatic rings. The van der Waals surface area contributed by atoms with E-state index in [0.29, 0.717) is 47.8 Å². The summed E-state index contributed by atoms with van der Waals surface area (Å²) in [6.07, 6.45) is 1.49. The van der Waals surface area contributed by atoms with Crippen LogP contribution in [0.5, 0.6) is 11.5 Å². The van der Waals surface area contributed by atoms with E-state index in [2.05, 4.69) is 11.4 Å². The Balaban J connectivity index is 1.64. The van der Waals surface area contributed by atoms with Crippen LogP contribution in [0.2, 0.25) is 0 Å². The summed E-state index contributed by atoms with van der Waals surface area (Å²) in [5.41, 5.74) is 1.91. The molecule has 0 aliphatic heterocycles. The quantitative estimate of drug-likeness (QED) is 0.408. The van der Waals surface area contributed by atoms with Gasteiger partial charge in [-0.3, -0.25) is 4.79 Å². The Labute approximate surface area is 180 Å². The van der Waals surface area contributed by atoms with Crippen molar-refractivity contribution in [2.24, 2.45) is 0 Å². The molecule has 0 aliphatic rings. The zero-order valence-corrected chi connectivity index (χ0v) is 17.6. The predicted molar refractivity (Wildman–Crippen MR) is 118 cm³/mol. The highest BCUT2D eigenvalue weighted by molar-refractivity contribution is 5.91. The second-order valence-corrected chi connectivity index (χ2v) is 7.04. The molecule has 0 saturated carbocycles. The molecule has 2 aromatic carbocycles. The summed E-state index contributed by atoms with van der Waals surface area (Å²) < 4.78 is 16.2. The summed E-state index contributed by atoms with van der Waals surface area (Å²) in [6, 6.07) is 14.5. The first-order valence-electron chi connectivity index (χ1n) is 10.0. The number of rotatable bonds is 9. The average molecular weight is 420 g/mol. The first kappa shape index (κ1) is 21.9. The third kappa shape index (κ3) is 5.64. The van der Waals surface area contributed by atoms with E-state index in [-0.39, 0.29) is 18.7 Å². The van der Waals surface area contributed by atoms with Gasteiger partial charge in [0.05, 0.1) is 19.8 Å². The van der Waals surface area contributed by atoms with E-state index in [1.807, 2.05) is 13.0 Å². The van der Waals surface area contributed by atoms with Crippen molar-refractivity contribution in [3.05, 3.63) is 64.0 Å². The number of carbonyl (C=O) groups excluding carboxylic acids is 1. The van der Waals surface area contributed by atoms with Crippen molar-refractivity contribution in [2.75, 3.05) is 19.0 Å². The monoisotopic (exact) mass is 420 g/mol. The van der Waals surface area contributed by atoms with Gasteiger partial charge < -0.3 is 19.2 Å². The van der Waals surface area contributed by atoms with Crippen LogP contribution in [0.1, 0.15) is 30.4 Å². The number of aryl methyl sites for hydroxylation is 1. The number of nitriles is 1. The van der Waals surface area contributed by atoms with Gasteiger partial charge in [0.1, 0.15) is 17.1 Å². The van der Waals surface area contributed by atoms with Crippen LogP contribution in [-0.2, 0) is 11.2 Å². The lowest BCUT2D eigenvalue weighted by Gasteiger charge is -2.10. The van der Waals surface area contributed by atoms with Crippen LogP contribution in [0.25, 0.3) is 11.0 Å². The fourth-order valence-electron chi connectivity index (χ4n) is 3.26. The van der Waals surface area contributed by atoms with Gasteiger partial charge in [-0.15, -0.1) is 0 Å². The minimum absolute atomic E-state index is 0.139. The number of fused-ring (bicyclic) bond motifs is 1. The Morgan fingerprint density at radius 3 is 2.81 bits per heavy atom. The first-order chi connectivity index (χ1) is 15.0. The highest BCUT2D eigenvalue weighted by Crippen LogP contribution is 2.24. The van der Waals surface area contributed by atoms with Crippen LogP contribution in [-0.4, -0.2) is 19.6 Å². The van der Waals surface area contributed by atoms with Crippen molar-refractivity contribution in [1.29, 1.82) is 5.26 Å². The lowest BCUT2D eigenvalue weighted by molar-refractivity contribution is -0.116. The van der Waals surface area contributed by atoms with Crippen LogP contribution in [0.4, 0.5) is 5.69 Å². The van der Waals surface area contributed by atoms with E-state index in [4.69, 9.17) is 19.2 Å². The smallest absolute Gasteiger partial charge is 0.339 e. The standard InChI is InChI=1S/C24H24N2O5/c1-16-20-9-8-18(29-2)15-22(20)31-24(28)21(16)10-11-23(27)26-17-6-5-7-19(14-17)30-13-4-3-12-25/h5-9,14-15H,3-4,10-11,13H2,1-2H3,(H,26,27). The minimum Gasteiger partial charge on any atom is -0.497 e. The number of nitrogens with one attached hydrogen (secondary N) is 1. The molecule has 0 aliphatic carbocycles. The van der Waals surface area contributed by atoms with E-state index in [1.54, 1.807) is 43.5 Å². The number of benzene rings is 2. The van der Waals surface area contributed by atoms with E-state index in [9.17, 15) is 9.59 Å². The molecular formula is C24H24N2O5. The summed E-state index contributed by atoms with van der Waals surface area (Å²) in [6.45, 7) is 2.29. The second kappa shape index (κ2) is 10.3. The van der Waals surface area contributed by atoms with Gasteiger partial charge in [-0.2, -0.15) is 5.26 Å². The van der Waals surface area contributed by atoms with Crippen LogP contribution in [0, 0.1) is 18.3 Å². The maximum absolute atomic E-state index is 12.4. The molecule has 7 nitrogen and oxygen atoms in total. The summed E-state index contributed by atoms with van der Waals surface area (Å²) in [5.74, 6) is 1.02. The molecule has 160 valence electrons. The molecule has 1 aromatic heterocycles. The first-order valence-corrected chi connectivity index (χ1v) is 10.0. The van der Waals surface area contributed by atoms with Crippen molar-refractivity contribution in [1.82, 2.24) is 0 Å². The van der Waals surface area contributed by atoms with Gasteiger partial charge in [-0.25, -0.2) is 4.79 Å². The Kier molecular flexibility index (Phi) is 7.28. The van der Waals surface area contributed by atoms with Crippen molar-refractivity contribution in [3.8, 4) is 17.6 Å². The number of anilines is 1. The van der Waals surface area contributed by atoms with E-state index >= 15 is 0 Å². The third-order valence-corrected chi connectivity index (χ3v) is 4.92. The largest absolute Gasteiger partial charge is 0.497 e. The van der Waals surface area contributed by atoms with E-state index in [1.165, 1.54) is 0 Å². The zero-order valence-electron chi connectivity index (χ0n) is 17.6. The molecule has 0 radical (unpaired) electrons. The van der Waals surface area contributed by atoms with Crippen molar-refractivity contribution in [3.63, 3.8) is 0 Å². The molecule has 3 rings (SSSR count). The summed E-state index contributed by atoms with van der Waals surface area (Å²) in [7, 11) is 1.55. The molecule has 0 atom stereocenters. The molecule has 7 heteroatoms. The molecule has 0 bridgehead atoms. The molecule has 0 unspecified atom stereocenters. The molecule has 1 heterocycles. The highest BCUT2D eigenvalue weighted by atomic mass is 16.5. The van der Waals surface area contributed by atoms with Gasteiger partial charge in [0, 0.05) is 41.6 Å². The fraction of sp³-hybridized carbons (Fsp3) is 0.292.